The first-order valence-corrected chi connectivity index (χ1v) is 10.3. The molecule has 1 saturated heterocycles. The number of hydrogen-bond donors (Lipinski definition) is 0. The highest BCUT2D eigenvalue weighted by Gasteiger charge is 2.36. The summed E-state index contributed by atoms with van der Waals surface area (Å²) in [5.74, 6) is -0.391. The number of halogens is 4. The molecule has 1 aliphatic heterocycles. The lowest BCUT2D eigenvalue weighted by atomic mass is 10.0. The molecule has 0 N–H and O–H groups in total. The number of ether oxygens (including phenoxy) is 2. The second kappa shape index (κ2) is 9.96. The van der Waals surface area contributed by atoms with Crippen LogP contribution in [-0.2, 0) is 10.9 Å². The van der Waals surface area contributed by atoms with Crippen molar-refractivity contribution in [1.82, 2.24) is 19.5 Å². The lowest BCUT2D eigenvalue weighted by molar-refractivity contribution is -0.142. The van der Waals surface area contributed by atoms with Crippen LogP contribution in [0.15, 0.2) is 36.5 Å². The van der Waals surface area contributed by atoms with Gasteiger partial charge in [0.15, 0.2) is 11.3 Å². The van der Waals surface area contributed by atoms with Crippen molar-refractivity contribution in [3.05, 3.63) is 47.8 Å². The Balaban J connectivity index is 0.00000306. The minimum absolute atomic E-state index is 0. The third-order valence-electron chi connectivity index (χ3n) is 5.69. The fourth-order valence-corrected chi connectivity index (χ4v) is 3.91. The van der Waals surface area contributed by atoms with E-state index in [9.17, 15) is 18.0 Å². The van der Waals surface area contributed by atoms with Crippen LogP contribution in [-0.4, -0.2) is 58.8 Å². The predicted octanol–water partition coefficient (Wildman–Crippen LogP) is 4.49. The van der Waals surface area contributed by atoms with Crippen molar-refractivity contribution in [2.45, 2.75) is 31.5 Å². The van der Waals surface area contributed by atoms with E-state index in [1.165, 1.54) is 7.11 Å². The lowest BCUT2D eigenvalue weighted by Crippen LogP contribution is -2.39. The van der Waals surface area contributed by atoms with Crippen molar-refractivity contribution in [2.24, 2.45) is 0 Å². The minimum Gasteiger partial charge on any atom is -0.496 e. The van der Waals surface area contributed by atoms with Gasteiger partial charge in [0, 0.05) is 11.6 Å². The van der Waals surface area contributed by atoms with Crippen LogP contribution >= 0.6 is 12.4 Å². The van der Waals surface area contributed by atoms with Gasteiger partial charge in [0.1, 0.15) is 17.9 Å². The molecule has 1 aromatic carbocycles. The largest absolute Gasteiger partial charge is 0.496 e. The van der Waals surface area contributed by atoms with Gasteiger partial charge in [0.25, 0.3) is 0 Å². The van der Waals surface area contributed by atoms with Crippen molar-refractivity contribution < 1.29 is 27.4 Å². The number of rotatable bonds is 5. The topological polar surface area (TPSA) is 69.0 Å². The number of carbonyl (C=O) groups is 1. The Morgan fingerprint density at radius 3 is 2.70 bits per heavy atom. The summed E-state index contributed by atoms with van der Waals surface area (Å²) in [4.78, 5) is 19.2. The van der Waals surface area contributed by atoms with Gasteiger partial charge in [-0.3, -0.25) is 0 Å². The maximum absolute atomic E-state index is 13.8. The summed E-state index contributed by atoms with van der Waals surface area (Å²) < 4.78 is 52.7. The van der Waals surface area contributed by atoms with E-state index in [0.717, 1.165) is 38.1 Å². The summed E-state index contributed by atoms with van der Waals surface area (Å²) in [5, 5.41) is 3.78. The SMILES string of the molecule is COc1ccccc1-c1cc(C(F)(F)F)n2ncc(C(=O)OCC3CCCCN3C)c2n1.Cl. The second-order valence-electron chi connectivity index (χ2n) is 7.75. The number of hydrogen-bond acceptors (Lipinski definition) is 6. The van der Waals surface area contributed by atoms with Crippen LogP contribution < -0.4 is 4.74 Å². The molecular weight excluding hydrogens is 461 g/mol. The van der Waals surface area contributed by atoms with Gasteiger partial charge in [-0.15, -0.1) is 12.4 Å². The zero-order chi connectivity index (χ0) is 22.9. The van der Waals surface area contributed by atoms with Crippen molar-refractivity contribution in [3.63, 3.8) is 0 Å². The van der Waals surface area contributed by atoms with Gasteiger partial charge < -0.3 is 14.4 Å². The number of piperidine rings is 1. The Kier molecular flexibility index (Phi) is 7.48. The number of likely N-dealkylation sites (tertiary alicyclic amines) is 1. The molecular formula is C22H24ClF3N4O3. The molecule has 1 aliphatic rings. The number of benzene rings is 1. The van der Waals surface area contributed by atoms with Gasteiger partial charge in [0.05, 0.1) is 19.0 Å². The molecule has 178 valence electrons. The molecule has 0 radical (unpaired) electrons. The standard InChI is InChI=1S/C22H23F3N4O3.ClH/c1-28-10-6-5-7-14(28)13-32-21(30)16-12-26-29-19(22(23,24)25)11-17(27-20(16)29)15-8-3-4-9-18(15)31-2;/h3-4,8-9,11-12,14H,5-7,10,13H2,1-2H3;1H. The minimum atomic E-state index is -4.71. The van der Waals surface area contributed by atoms with E-state index in [2.05, 4.69) is 15.0 Å². The Morgan fingerprint density at radius 1 is 1.24 bits per heavy atom. The molecule has 0 spiro atoms. The van der Waals surface area contributed by atoms with Gasteiger partial charge in [-0.2, -0.15) is 18.3 Å². The van der Waals surface area contributed by atoms with E-state index in [-0.39, 0.29) is 42.0 Å². The first kappa shape index (κ1) is 24.8. The summed E-state index contributed by atoms with van der Waals surface area (Å²) in [6.07, 6.45) is -0.619. The summed E-state index contributed by atoms with van der Waals surface area (Å²) in [6, 6.07) is 7.58. The van der Waals surface area contributed by atoms with E-state index in [4.69, 9.17) is 9.47 Å². The quantitative estimate of drug-likeness (QED) is 0.497. The zero-order valence-electron chi connectivity index (χ0n) is 18.1. The second-order valence-corrected chi connectivity index (χ2v) is 7.75. The normalized spacial score (nSPS) is 16.9. The van der Waals surface area contributed by atoms with Crippen LogP contribution in [0, 0.1) is 0 Å². The fourth-order valence-electron chi connectivity index (χ4n) is 3.91. The average molecular weight is 485 g/mol. The first-order valence-electron chi connectivity index (χ1n) is 10.3. The van der Waals surface area contributed by atoms with Gasteiger partial charge in [0.2, 0.25) is 0 Å². The van der Waals surface area contributed by atoms with Crippen LogP contribution in [0.4, 0.5) is 13.2 Å². The maximum atomic E-state index is 13.8. The van der Waals surface area contributed by atoms with Crippen LogP contribution in [0.3, 0.4) is 0 Å². The van der Waals surface area contributed by atoms with E-state index < -0.39 is 17.8 Å². The van der Waals surface area contributed by atoms with Crippen LogP contribution in [0.25, 0.3) is 16.9 Å². The van der Waals surface area contributed by atoms with Gasteiger partial charge in [-0.25, -0.2) is 14.3 Å². The highest BCUT2D eigenvalue weighted by molar-refractivity contribution is 5.96. The number of nitrogens with zero attached hydrogens (tertiary/aromatic N) is 4. The number of carbonyl (C=O) groups excluding carboxylic acids is 1. The number of fused-ring (bicyclic) bond motifs is 1. The summed E-state index contributed by atoms with van der Waals surface area (Å²) in [5.41, 5.74) is -1.00. The molecule has 0 amide bonds. The number of esters is 1. The Hall–Kier alpha value is -2.85. The third-order valence-corrected chi connectivity index (χ3v) is 5.69. The summed E-state index contributed by atoms with van der Waals surface area (Å²) in [6.45, 7) is 1.07. The molecule has 11 heteroatoms. The number of likely N-dealkylation sites (N-methyl/N-ethyl adjacent to an activating group) is 1. The molecule has 0 bridgehead atoms. The zero-order valence-corrected chi connectivity index (χ0v) is 18.9. The van der Waals surface area contributed by atoms with Crippen molar-refractivity contribution in [2.75, 3.05) is 27.3 Å². The number of methoxy groups -OCH3 is 1. The molecule has 1 atom stereocenters. The van der Waals surface area contributed by atoms with Gasteiger partial charge >= 0.3 is 12.1 Å². The third kappa shape index (κ3) is 5.06. The highest BCUT2D eigenvalue weighted by Crippen LogP contribution is 2.35. The number of alkyl halides is 3. The van der Waals surface area contributed by atoms with Crippen LogP contribution in [0.5, 0.6) is 5.75 Å². The van der Waals surface area contributed by atoms with Crippen molar-refractivity contribution in [1.29, 1.82) is 0 Å². The van der Waals surface area contributed by atoms with Crippen molar-refractivity contribution >= 4 is 24.0 Å². The molecule has 3 aromatic rings. The maximum Gasteiger partial charge on any atom is 0.433 e. The summed E-state index contributed by atoms with van der Waals surface area (Å²) >= 11 is 0. The molecule has 3 heterocycles. The smallest absolute Gasteiger partial charge is 0.433 e. The van der Waals surface area contributed by atoms with Crippen LogP contribution in [0.1, 0.15) is 35.3 Å². The van der Waals surface area contributed by atoms with E-state index in [1.54, 1.807) is 24.3 Å². The Morgan fingerprint density at radius 2 is 2.00 bits per heavy atom. The highest BCUT2D eigenvalue weighted by atomic mass is 35.5. The molecule has 2 aromatic heterocycles. The van der Waals surface area contributed by atoms with E-state index >= 15 is 0 Å². The Labute approximate surface area is 194 Å². The van der Waals surface area contributed by atoms with E-state index in [1.807, 2.05) is 7.05 Å². The molecule has 33 heavy (non-hydrogen) atoms. The van der Waals surface area contributed by atoms with Crippen LogP contribution in [0.2, 0.25) is 0 Å². The lowest BCUT2D eigenvalue weighted by Gasteiger charge is -2.31. The average Bonchev–Trinajstić information content (AvgIpc) is 3.21. The molecule has 7 nitrogen and oxygen atoms in total. The Bertz CT molecular complexity index is 1140. The molecule has 1 unspecified atom stereocenters. The van der Waals surface area contributed by atoms with Gasteiger partial charge in [-0.1, -0.05) is 18.6 Å². The number of para-hydroxylation sites is 1. The number of aromatic nitrogens is 3. The first-order chi connectivity index (χ1) is 15.3. The van der Waals surface area contributed by atoms with E-state index in [0.29, 0.717) is 15.8 Å². The molecule has 0 aliphatic carbocycles. The fraction of sp³-hybridized carbons (Fsp3) is 0.409. The van der Waals surface area contributed by atoms with Crippen molar-refractivity contribution in [3.8, 4) is 17.0 Å². The molecule has 4 rings (SSSR count). The summed E-state index contributed by atoms with van der Waals surface area (Å²) in [7, 11) is 3.38. The monoisotopic (exact) mass is 484 g/mol. The van der Waals surface area contributed by atoms with Gasteiger partial charge in [-0.05, 0) is 44.6 Å². The molecule has 0 saturated carbocycles. The molecule has 1 fully saturated rings. The predicted molar refractivity (Wildman–Crippen MR) is 118 cm³/mol.